The Kier molecular flexibility index (Phi) is 6.25. The molecule has 1 N–H and O–H groups in total. The Morgan fingerprint density at radius 3 is 2.85 bits per heavy atom. The third kappa shape index (κ3) is 4.71. The summed E-state index contributed by atoms with van der Waals surface area (Å²) in [5, 5.41) is 13.5. The molecule has 194 valence electrons. The number of carbonyl (C=O) groups is 2. The van der Waals surface area contributed by atoms with Crippen molar-refractivity contribution < 1.29 is 14.3 Å². The number of anilines is 1. The molecule has 1 aromatic carbocycles. The van der Waals surface area contributed by atoms with Crippen LogP contribution in [0.4, 0.5) is 5.82 Å². The number of ether oxygens (including phenoxy) is 1. The van der Waals surface area contributed by atoms with Gasteiger partial charge in [0.2, 0.25) is 5.91 Å². The van der Waals surface area contributed by atoms with Gasteiger partial charge in [-0.05, 0) is 66.9 Å². The summed E-state index contributed by atoms with van der Waals surface area (Å²) in [6, 6.07) is 19.0. The van der Waals surface area contributed by atoms with E-state index in [1.54, 1.807) is 23.2 Å². The van der Waals surface area contributed by atoms with Crippen LogP contribution < -0.4 is 10.2 Å². The Bertz CT molecular complexity index is 1660. The van der Waals surface area contributed by atoms with E-state index in [-0.39, 0.29) is 18.4 Å². The Morgan fingerprint density at radius 1 is 1.15 bits per heavy atom. The van der Waals surface area contributed by atoms with E-state index in [1.807, 2.05) is 49.4 Å². The highest BCUT2D eigenvalue weighted by molar-refractivity contribution is 5.95. The lowest BCUT2D eigenvalue weighted by atomic mass is 9.79. The molecular formula is C30H26N6O3. The zero-order valence-corrected chi connectivity index (χ0v) is 21.5. The number of benzene rings is 1. The van der Waals surface area contributed by atoms with Crippen molar-refractivity contribution in [1.29, 1.82) is 5.26 Å². The van der Waals surface area contributed by atoms with Gasteiger partial charge < -0.3 is 10.1 Å². The minimum Gasteiger partial charge on any atom is -0.375 e. The maximum Gasteiger partial charge on any atom is 0.251 e. The van der Waals surface area contributed by atoms with Crippen molar-refractivity contribution in [3.63, 3.8) is 0 Å². The molecule has 0 radical (unpaired) electrons. The molecule has 39 heavy (non-hydrogen) atoms. The number of rotatable bonds is 5. The molecule has 0 unspecified atom stereocenters. The van der Waals surface area contributed by atoms with Gasteiger partial charge in [0.25, 0.3) is 5.91 Å². The van der Waals surface area contributed by atoms with Gasteiger partial charge >= 0.3 is 0 Å². The fourth-order valence-electron chi connectivity index (χ4n) is 5.07. The molecule has 2 amide bonds. The van der Waals surface area contributed by atoms with E-state index < -0.39 is 5.41 Å². The van der Waals surface area contributed by atoms with E-state index in [0.29, 0.717) is 54.6 Å². The van der Waals surface area contributed by atoms with E-state index in [1.165, 1.54) is 0 Å². The summed E-state index contributed by atoms with van der Waals surface area (Å²) < 4.78 is 5.56. The number of nitriles is 1. The Labute approximate surface area is 225 Å². The van der Waals surface area contributed by atoms with Crippen molar-refractivity contribution in [2.45, 2.75) is 38.3 Å². The van der Waals surface area contributed by atoms with Crippen molar-refractivity contribution in [2.24, 2.45) is 0 Å². The number of carbonyl (C=O) groups excluding carboxylic acids is 2. The van der Waals surface area contributed by atoms with Crippen LogP contribution in [0.1, 0.15) is 46.9 Å². The number of nitrogens with one attached hydrogen (secondary N) is 1. The van der Waals surface area contributed by atoms with Crippen LogP contribution in [0.2, 0.25) is 0 Å². The summed E-state index contributed by atoms with van der Waals surface area (Å²) >= 11 is 0. The summed E-state index contributed by atoms with van der Waals surface area (Å²) in [7, 11) is 0. The van der Waals surface area contributed by atoms with Gasteiger partial charge in [-0.3, -0.25) is 19.5 Å². The van der Waals surface area contributed by atoms with Crippen LogP contribution in [0.15, 0.2) is 60.8 Å². The quantitative estimate of drug-likeness (QED) is 0.423. The van der Waals surface area contributed by atoms with Crippen molar-refractivity contribution in [1.82, 2.24) is 20.3 Å². The van der Waals surface area contributed by atoms with Gasteiger partial charge in [0.15, 0.2) is 0 Å². The first-order valence-electron chi connectivity index (χ1n) is 12.9. The summed E-state index contributed by atoms with van der Waals surface area (Å²) in [5.74, 6) is 0.484. The molecule has 0 saturated carbocycles. The highest BCUT2D eigenvalue weighted by Crippen LogP contribution is 2.32. The third-order valence-corrected chi connectivity index (χ3v) is 7.27. The second kappa shape index (κ2) is 9.89. The van der Waals surface area contributed by atoms with E-state index >= 15 is 0 Å². The van der Waals surface area contributed by atoms with Crippen molar-refractivity contribution in [2.75, 3.05) is 18.1 Å². The van der Waals surface area contributed by atoms with Crippen LogP contribution in [-0.4, -0.2) is 39.9 Å². The first kappa shape index (κ1) is 24.6. The normalized spacial score (nSPS) is 18.6. The van der Waals surface area contributed by atoms with Crippen molar-refractivity contribution in [3.05, 3.63) is 83.2 Å². The standard InChI is InChI=1S/C30H26N6O3/c1-30(17-31)18-39-16-21-8-7-19(12-23(21)30)29(38)33-15-22-13-26-20(14-32-22)9-10-25(34-26)24-4-2-5-27(35-24)36-11-3-6-28(36)37/h2,4-5,7-10,12-14H,3,6,11,15-16,18H2,1H3,(H,33,38)/t30-/m1/s1. The van der Waals surface area contributed by atoms with E-state index in [4.69, 9.17) is 9.72 Å². The molecule has 1 saturated heterocycles. The first-order chi connectivity index (χ1) is 18.9. The fourth-order valence-corrected chi connectivity index (χ4v) is 5.07. The van der Waals surface area contributed by atoms with Gasteiger partial charge in [0, 0.05) is 30.1 Å². The highest BCUT2D eigenvalue weighted by atomic mass is 16.5. The van der Waals surface area contributed by atoms with E-state index in [9.17, 15) is 14.9 Å². The average molecular weight is 519 g/mol. The van der Waals surface area contributed by atoms with Gasteiger partial charge in [-0.2, -0.15) is 5.26 Å². The minimum atomic E-state index is -0.786. The van der Waals surface area contributed by atoms with Gasteiger partial charge in [0.1, 0.15) is 11.2 Å². The summed E-state index contributed by atoms with van der Waals surface area (Å²) in [6.45, 7) is 3.46. The predicted octanol–water partition coefficient (Wildman–Crippen LogP) is 4.06. The van der Waals surface area contributed by atoms with Crippen molar-refractivity contribution >= 4 is 28.5 Å². The second-order valence-corrected chi connectivity index (χ2v) is 10.1. The van der Waals surface area contributed by atoms with Crippen LogP contribution in [0.5, 0.6) is 0 Å². The second-order valence-electron chi connectivity index (χ2n) is 10.1. The highest BCUT2D eigenvalue weighted by Gasteiger charge is 2.33. The van der Waals surface area contributed by atoms with Gasteiger partial charge in [-0.1, -0.05) is 12.1 Å². The number of hydrogen-bond donors (Lipinski definition) is 1. The molecule has 6 rings (SSSR count). The predicted molar refractivity (Wildman–Crippen MR) is 145 cm³/mol. The van der Waals surface area contributed by atoms with Gasteiger partial charge in [-0.25, -0.2) is 9.97 Å². The monoisotopic (exact) mass is 518 g/mol. The molecule has 1 atom stereocenters. The van der Waals surface area contributed by atoms with Crippen LogP contribution in [0, 0.1) is 11.3 Å². The van der Waals surface area contributed by atoms with E-state index in [0.717, 1.165) is 28.5 Å². The number of aromatic nitrogens is 3. The Balaban J connectivity index is 1.20. The summed E-state index contributed by atoms with van der Waals surface area (Å²) in [6.07, 6.45) is 3.12. The summed E-state index contributed by atoms with van der Waals surface area (Å²) in [5.41, 5.74) is 4.22. The molecule has 0 aliphatic carbocycles. The molecule has 2 aliphatic heterocycles. The van der Waals surface area contributed by atoms with Crippen molar-refractivity contribution in [3.8, 4) is 17.5 Å². The first-order valence-corrected chi connectivity index (χ1v) is 12.9. The van der Waals surface area contributed by atoms with Crippen LogP contribution in [0.25, 0.3) is 22.3 Å². The number of hydrogen-bond acceptors (Lipinski definition) is 7. The SMILES string of the molecule is C[C@@]1(C#N)COCc2ccc(C(=O)NCc3cc4nc(-c5cccc(N6CCCC6=O)n5)ccc4cn3)cc21. The summed E-state index contributed by atoms with van der Waals surface area (Å²) in [4.78, 5) is 40.8. The molecule has 2 aliphatic rings. The molecule has 9 nitrogen and oxygen atoms in total. The smallest absolute Gasteiger partial charge is 0.251 e. The average Bonchev–Trinajstić information content (AvgIpc) is 3.41. The molecule has 4 aromatic rings. The molecule has 1 fully saturated rings. The lowest BCUT2D eigenvalue weighted by molar-refractivity contribution is -0.117. The van der Waals surface area contributed by atoms with Crippen LogP contribution >= 0.6 is 0 Å². The molecule has 9 heteroatoms. The topological polar surface area (TPSA) is 121 Å². The Hall–Kier alpha value is -4.68. The number of amides is 2. The molecule has 3 aromatic heterocycles. The minimum absolute atomic E-state index is 0.0902. The maximum absolute atomic E-state index is 13.0. The lowest BCUT2D eigenvalue weighted by Gasteiger charge is -2.30. The third-order valence-electron chi connectivity index (χ3n) is 7.27. The number of nitrogens with zero attached hydrogens (tertiary/aromatic N) is 5. The lowest BCUT2D eigenvalue weighted by Crippen LogP contribution is -2.33. The maximum atomic E-state index is 13.0. The molecular weight excluding hydrogens is 492 g/mol. The van der Waals surface area contributed by atoms with Crippen LogP contribution in [-0.2, 0) is 28.1 Å². The molecule has 0 bridgehead atoms. The number of fused-ring (bicyclic) bond motifs is 2. The zero-order chi connectivity index (χ0) is 27.0. The van der Waals surface area contributed by atoms with E-state index in [2.05, 4.69) is 21.4 Å². The van der Waals surface area contributed by atoms with Gasteiger partial charge in [-0.15, -0.1) is 0 Å². The van der Waals surface area contributed by atoms with Gasteiger partial charge in [0.05, 0.1) is 48.4 Å². The molecule has 0 spiro atoms. The number of pyridine rings is 3. The Morgan fingerprint density at radius 2 is 2.03 bits per heavy atom. The van der Waals surface area contributed by atoms with Crippen LogP contribution in [0.3, 0.4) is 0 Å². The fraction of sp³-hybridized carbons (Fsp3) is 0.267. The largest absolute Gasteiger partial charge is 0.375 e. The molecule has 5 heterocycles. The zero-order valence-electron chi connectivity index (χ0n) is 21.5.